The van der Waals surface area contributed by atoms with E-state index >= 15 is 0 Å². The molecule has 0 heterocycles. The van der Waals surface area contributed by atoms with Gasteiger partial charge < -0.3 is 9.47 Å². The van der Waals surface area contributed by atoms with E-state index in [1.807, 2.05) is 24.3 Å². The summed E-state index contributed by atoms with van der Waals surface area (Å²) in [5.41, 5.74) is 0. The number of rotatable bonds is 12. The van der Waals surface area contributed by atoms with E-state index in [1.54, 1.807) is 0 Å². The summed E-state index contributed by atoms with van der Waals surface area (Å²) in [6.45, 7) is 1.27. The second-order valence-electron chi connectivity index (χ2n) is 8.79. The predicted molar refractivity (Wildman–Crippen MR) is 165 cm³/mol. The highest BCUT2D eigenvalue weighted by Crippen LogP contribution is 2.36. The third-order valence-electron chi connectivity index (χ3n) is 6.27. The maximum atomic E-state index is 6.33. The lowest BCUT2D eigenvalue weighted by Crippen LogP contribution is -2.18. The second-order valence-corrected chi connectivity index (χ2v) is 13.5. The van der Waals surface area contributed by atoms with Gasteiger partial charge in [0.1, 0.15) is 0 Å². The molecule has 0 atom stereocenters. The lowest BCUT2D eigenvalue weighted by Gasteiger charge is -2.21. The molecule has 38 heavy (non-hydrogen) atoms. The smallest absolute Gasteiger partial charge is 0.161 e. The fourth-order valence-corrected chi connectivity index (χ4v) is 8.73. The molecule has 0 N–H and O–H groups in total. The molecule has 2 nitrogen and oxygen atoms in total. The van der Waals surface area contributed by atoms with Crippen LogP contribution in [0.3, 0.4) is 0 Å². The third-order valence-corrected chi connectivity index (χ3v) is 11.2. The molecule has 5 rings (SSSR count). The lowest BCUT2D eigenvalue weighted by molar-refractivity contribution is 0.290. The van der Waals surface area contributed by atoms with Crippen molar-refractivity contribution in [3.8, 4) is 11.5 Å². The van der Waals surface area contributed by atoms with Crippen LogP contribution in [-0.4, -0.2) is 25.5 Å². The van der Waals surface area contributed by atoms with Crippen LogP contribution in [-0.2, 0) is 0 Å². The van der Waals surface area contributed by atoms with Crippen molar-refractivity contribution in [2.45, 2.75) is 0 Å². The molecule has 5 aromatic carbocycles. The Kier molecular flexibility index (Phi) is 9.59. The maximum absolute atomic E-state index is 6.33. The van der Waals surface area contributed by atoms with Crippen LogP contribution in [0.15, 0.2) is 146 Å². The van der Waals surface area contributed by atoms with Crippen LogP contribution in [0.5, 0.6) is 11.5 Å². The summed E-state index contributed by atoms with van der Waals surface area (Å²) in [4.78, 5) is 0. The molecule has 0 bridgehead atoms. The Labute approximate surface area is 228 Å². The second kappa shape index (κ2) is 13.9. The van der Waals surface area contributed by atoms with E-state index in [4.69, 9.17) is 9.47 Å². The Bertz CT molecular complexity index is 1180. The zero-order valence-corrected chi connectivity index (χ0v) is 23.2. The molecule has 0 aromatic heterocycles. The number of benzene rings is 5. The highest BCUT2D eigenvalue weighted by atomic mass is 31.1. The normalized spacial score (nSPS) is 11.0. The van der Waals surface area contributed by atoms with Gasteiger partial charge in [-0.25, -0.2) is 0 Å². The summed E-state index contributed by atoms with van der Waals surface area (Å²) in [5, 5.41) is 5.49. The summed E-state index contributed by atoms with van der Waals surface area (Å²) in [6, 6.07) is 51.2. The Morgan fingerprint density at radius 3 is 0.895 bits per heavy atom. The molecule has 0 fully saturated rings. The number of ether oxygens (including phenoxy) is 2. The fourth-order valence-electron chi connectivity index (χ4n) is 4.43. The number of hydrogen-bond donors (Lipinski definition) is 0. The van der Waals surface area contributed by atoms with Crippen LogP contribution in [0.25, 0.3) is 0 Å². The van der Waals surface area contributed by atoms with Gasteiger partial charge in [-0.2, -0.15) is 0 Å². The van der Waals surface area contributed by atoms with Crippen molar-refractivity contribution in [3.05, 3.63) is 146 Å². The van der Waals surface area contributed by atoms with Gasteiger partial charge in [0.05, 0.1) is 13.2 Å². The van der Waals surface area contributed by atoms with Crippen LogP contribution in [0.1, 0.15) is 0 Å². The van der Waals surface area contributed by atoms with Gasteiger partial charge in [0, 0.05) is 12.3 Å². The van der Waals surface area contributed by atoms with Gasteiger partial charge in [0.25, 0.3) is 0 Å². The van der Waals surface area contributed by atoms with Crippen molar-refractivity contribution in [1.82, 2.24) is 0 Å². The van der Waals surface area contributed by atoms with Crippen LogP contribution in [0.4, 0.5) is 0 Å². The van der Waals surface area contributed by atoms with Crippen LogP contribution in [0.2, 0.25) is 0 Å². The lowest BCUT2D eigenvalue weighted by atomic mass is 10.3. The molecule has 0 unspecified atom stereocenters. The van der Waals surface area contributed by atoms with E-state index in [-0.39, 0.29) is 0 Å². The highest BCUT2D eigenvalue weighted by molar-refractivity contribution is 7.73. The van der Waals surface area contributed by atoms with E-state index in [1.165, 1.54) is 21.2 Å². The first-order valence-corrected chi connectivity index (χ1v) is 16.0. The Balaban J connectivity index is 1.23. The summed E-state index contributed by atoms with van der Waals surface area (Å²) in [6.07, 6.45) is 1.90. The van der Waals surface area contributed by atoms with Crippen molar-refractivity contribution in [2.24, 2.45) is 0 Å². The average Bonchev–Trinajstić information content (AvgIpc) is 3.00. The van der Waals surface area contributed by atoms with Gasteiger partial charge in [-0.1, -0.05) is 133 Å². The van der Waals surface area contributed by atoms with E-state index in [2.05, 4.69) is 121 Å². The van der Waals surface area contributed by atoms with Gasteiger partial charge in [-0.05, 0) is 49.2 Å². The van der Waals surface area contributed by atoms with Gasteiger partial charge in [-0.15, -0.1) is 0 Å². The van der Waals surface area contributed by atoms with E-state index in [0.717, 1.165) is 23.8 Å². The van der Waals surface area contributed by atoms with E-state index < -0.39 is 15.8 Å². The minimum Gasteiger partial charge on any atom is -0.489 e. The molecule has 0 radical (unpaired) electrons. The van der Waals surface area contributed by atoms with Gasteiger partial charge in [0.15, 0.2) is 11.5 Å². The molecule has 0 spiro atoms. The van der Waals surface area contributed by atoms with Gasteiger partial charge >= 0.3 is 0 Å². The topological polar surface area (TPSA) is 18.5 Å². The van der Waals surface area contributed by atoms with Crippen molar-refractivity contribution in [2.75, 3.05) is 25.5 Å². The monoisotopic (exact) mass is 534 g/mol. The minimum absolute atomic E-state index is 0.491. The molecular formula is C34H32O2P2. The average molecular weight is 535 g/mol. The zero-order valence-electron chi connectivity index (χ0n) is 21.4. The molecule has 0 aliphatic heterocycles. The SMILES string of the molecule is c1ccc(P(CCOc2ccccc2OCCP(c2ccccc2)c2ccccc2)c2ccccc2)cc1. The summed E-state index contributed by atoms with van der Waals surface area (Å²) >= 11 is 0. The van der Waals surface area contributed by atoms with Crippen LogP contribution >= 0.6 is 15.8 Å². The molecule has 0 aliphatic rings. The largest absolute Gasteiger partial charge is 0.489 e. The molecule has 0 aliphatic carbocycles. The molecule has 4 heteroatoms. The Morgan fingerprint density at radius 1 is 0.342 bits per heavy atom. The molecular weight excluding hydrogens is 502 g/mol. The van der Waals surface area contributed by atoms with Crippen molar-refractivity contribution in [3.63, 3.8) is 0 Å². The molecule has 190 valence electrons. The van der Waals surface area contributed by atoms with Crippen molar-refractivity contribution >= 4 is 37.1 Å². The Hall–Kier alpha value is -3.44. The van der Waals surface area contributed by atoms with Crippen LogP contribution in [0, 0.1) is 0 Å². The highest BCUT2D eigenvalue weighted by Gasteiger charge is 2.16. The zero-order chi connectivity index (χ0) is 25.8. The molecule has 0 saturated heterocycles. The first-order chi connectivity index (χ1) is 18.9. The number of hydrogen-bond acceptors (Lipinski definition) is 2. The summed E-state index contributed by atoms with van der Waals surface area (Å²) in [7, 11) is -0.982. The first kappa shape index (κ1) is 26.2. The predicted octanol–water partition coefficient (Wildman–Crippen LogP) is 6.71. The standard InChI is InChI=1S/C34H32O2P2/c1-5-15-29(16-6-1)37(30-17-7-2-8-18-30)27-25-35-33-23-13-14-24-34(33)36-26-28-38(31-19-9-3-10-20-31)32-21-11-4-12-22-32/h1-24H,25-28H2. The fraction of sp³-hybridized carbons (Fsp3) is 0.118. The van der Waals surface area contributed by atoms with Crippen LogP contribution < -0.4 is 30.7 Å². The number of para-hydroxylation sites is 2. The quantitative estimate of drug-likeness (QED) is 0.166. The van der Waals surface area contributed by atoms with E-state index in [0.29, 0.717) is 13.2 Å². The first-order valence-electron chi connectivity index (χ1n) is 13.0. The van der Waals surface area contributed by atoms with E-state index in [9.17, 15) is 0 Å². The van der Waals surface area contributed by atoms with Crippen molar-refractivity contribution in [1.29, 1.82) is 0 Å². The minimum atomic E-state index is -0.491. The van der Waals surface area contributed by atoms with Crippen molar-refractivity contribution < 1.29 is 9.47 Å². The summed E-state index contributed by atoms with van der Waals surface area (Å²) < 4.78 is 12.7. The summed E-state index contributed by atoms with van der Waals surface area (Å²) in [5.74, 6) is 1.62. The van der Waals surface area contributed by atoms with Gasteiger partial charge in [0.2, 0.25) is 0 Å². The third kappa shape index (κ3) is 7.11. The van der Waals surface area contributed by atoms with Gasteiger partial charge in [-0.3, -0.25) is 0 Å². The maximum Gasteiger partial charge on any atom is 0.161 e. The molecule has 0 amide bonds. The molecule has 5 aromatic rings. The Morgan fingerprint density at radius 2 is 0.605 bits per heavy atom. The molecule has 0 saturated carbocycles.